The summed E-state index contributed by atoms with van der Waals surface area (Å²) in [6.45, 7) is 5.76. The molecule has 1 unspecified atom stereocenters. The number of carbonyl (C=O) groups excluding carboxylic acids is 1. The number of hydrogen-bond donors (Lipinski definition) is 1. The van der Waals surface area contributed by atoms with E-state index in [1.165, 1.54) is 12.1 Å². The number of rotatable bonds is 5. The molecule has 3 aromatic heterocycles. The summed E-state index contributed by atoms with van der Waals surface area (Å²) in [5, 5.41) is 7.60. The summed E-state index contributed by atoms with van der Waals surface area (Å²) in [5.41, 5.74) is 2.81. The van der Waals surface area contributed by atoms with Crippen LogP contribution in [0.3, 0.4) is 0 Å². The number of aryl methyl sites for hydroxylation is 2. The van der Waals surface area contributed by atoms with Gasteiger partial charge in [0.25, 0.3) is 11.6 Å². The molecule has 0 saturated heterocycles. The zero-order valence-electron chi connectivity index (χ0n) is 17.2. The molecule has 4 aromatic rings. The van der Waals surface area contributed by atoms with Crippen LogP contribution in [-0.4, -0.2) is 25.6 Å². The van der Waals surface area contributed by atoms with Gasteiger partial charge in [0.05, 0.1) is 16.6 Å². The molecule has 8 heteroatoms. The molecule has 30 heavy (non-hydrogen) atoms. The standard InChI is InChI=1S/C22H22FN5O2/c1-12(2)17-11-16(18-13(3)27-30-22(18)25-17)21(29)26-19(20-24-9-10-28(20)4)14-5-7-15(23)8-6-14/h5-12,19H,1-4H3,(H,26,29). The van der Waals surface area contributed by atoms with Gasteiger partial charge in [-0.2, -0.15) is 0 Å². The second-order valence-corrected chi connectivity index (χ2v) is 7.55. The number of nitrogens with one attached hydrogen (secondary N) is 1. The lowest BCUT2D eigenvalue weighted by Gasteiger charge is -2.20. The van der Waals surface area contributed by atoms with Crippen LogP contribution in [0.4, 0.5) is 4.39 Å². The van der Waals surface area contributed by atoms with E-state index < -0.39 is 6.04 Å². The number of fused-ring (bicyclic) bond motifs is 1. The molecule has 3 heterocycles. The number of carbonyl (C=O) groups is 1. The Balaban J connectivity index is 1.79. The van der Waals surface area contributed by atoms with Crippen molar-refractivity contribution in [2.45, 2.75) is 32.7 Å². The molecule has 0 radical (unpaired) electrons. The normalized spacial score (nSPS) is 12.5. The monoisotopic (exact) mass is 407 g/mol. The minimum atomic E-state index is -0.566. The Hall–Kier alpha value is -3.55. The first-order chi connectivity index (χ1) is 14.3. The van der Waals surface area contributed by atoms with Gasteiger partial charge in [-0.05, 0) is 36.6 Å². The lowest BCUT2D eigenvalue weighted by atomic mass is 10.0. The number of amides is 1. The predicted octanol–water partition coefficient (Wildman–Crippen LogP) is 4.05. The molecule has 0 aliphatic carbocycles. The van der Waals surface area contributed by atoms with Crippen LogP contribution in [0.5, 0.6) is 0 Å². The van der Waals surface area contributed by atoms with Crippen LogP contribution >= 0.6 is 0 Å². The van der Waals surface area contributed by atoms with Gasteiger partial charge in [0, 0.05) is 25.1 Å². The van der Waals surface area contributed by atoms with Gasteiger partial charge in [0.15, 0.2) is 0 Å². The van der Waals surface area contributed by atoms with Crippen LogP contribution in [-0.2, 0) is 7.05 Å². The molecule has 0 saturated carbocycles. The van der Waals surface area contributed by atoms with E-state index in [0.717, 1.165) is 11.3 Å². The Morgan fingerprint density at radius 2 is 1.97 bits per heavy atom. The van der Waals surface area contributed by atoms with Crippen LogP contribution in [0.25, 0.3) is 11.1 Å². The third kappa shape index (κ3) is 3.56. The second-order valence-electron chi connectivity index (χ2n) is 7.55. The number of aromatic nitrogens is 4. The average molecular weight is 407 g/mol. The van der Waals surface area contributed by atoms with E-state index in [2.05, 4.69) is 20.4 Å². The maximum Gasteiger partial charge on any atom is 0.259 e. The highest BCUT2D eigenvalue weighted by Crippen LogP contribution is 2.27. The summed E-state index contributed by atoms with van der Waals surface area (Å²) in [6, 6.07) is 7.21. The highest BCUT2D eigenvalue weighted by Gasteiger charge is 2.25. The van der Waals surface area contributed by atoms with E-state index in [1.807, 2.05) is 25.5 Å². The van der Waals surface area contributed by atoms with E-state index in [9.17, 15) is 9.18 Å². The van der Waals surface area contributed by atoms with E-state index in [1.54, 1.807) is 37.5 Å². The predicted molar refractivity (Wildman–Crippen MR) is 110 cm³/mol. The molecule has 0 spiro atoms. The number of nitrogens with zero attached hydrogens (tertiary/aromatic N) is 4. The molecule has 154 valence electrons. The summed E-state index contributed by atoms with van der Waals surface area (Å²) in [7, 11) is 1.84. The van der Waals surface area contributed by atoms with Gasteiger partial charge < -0.3 is 14.4 Å². The minimum Gasteiger partial charge on any atom is -0.338 e. The number of imidazole rings is 1. The van der Waals surface area contributed by atoms with Gasteiger partial charge in [-0.1, -0.05) is 31.1 Å². The first-order valence-electron chi connectivity index (χ1n) is 9.65. The van der Waals surface area contributed by atoms with E-state index in [-0.39, 0.29) is 17.6 Å². The van der Waals surface area contributed by atoms with Crippen LogP contribution < -0.4 is 5.32 Å². The van der Waals surface area contributed by atoms with E-state index in [0.29, 0.717) is 28.2 Å². The smallest absolute Gasteiger partial charge is 0.259 e. The summed E-state index contributed by atoms with van der Waals surface area (Å²) in [5.74, 6) is 0.0780. The SMILES string of the molecule is Cc1noc2nc(C(C)C)cc(C(=O)NC(c3ccc(F)cc3)c3nccn3C)c12. The summed E-state index contributed by atoms with van der Waals surface area (Å²) in [6.07, 6.45) is 3.45. The first kappa shape index (κ1) is 19.8. The van der Waals surface area contributed by atoms with Gasteiger partial charge in [0.2, 0.25) is 0 Å². The fraction of sp³-hybridized carbons (Fsp3) is 0.273. The second kappa shape index (κ2) is 7.70. The fourth-order valence-corrected chi connectivity index (χ4v) is 3.40. The van der Waals surface area contributed by atoms with Gasteiger partial charge in [-0.25, -0.2) is 14.4 Å². The van der Waals surface area contributed by atoms with Crippen molar-refractivity contribution in [3.63, 3.8) is 0 Å². The summed E-state index contributed by atoms with van der Waals surface area (Å²) >= 11 is 0. The van der Waals surface area contributed by atoms with E-state index in [4.69, 9.17) is 4.52 Å². The van der Waals surface area contributed by atoms with Crippen molar-refractivity contribution in [3.8, 4) is 0 Å². The molecule has 7 nitrogen and oxygen atoms in total. The molecular weight excluding hydrogens is 385 g/mol. The fourth-order valence-electron chi connectivity index (χ4n) is 3.40. The third-order valence-corrected chi connectivity index (χ3v) is 5.07. The zero-order valence-corrected chi connectivity index (χ0v) is 17.2. The zero-order chi connectivity index (χ0) is 21.4. The summed E-state index contributed by atoms with van der Waals surface area (Å²) < 4.78 is 20.6. The van der Waals surface area contributed by atoms with Gasteiger partial charge in [0.1, 0.15) is 17.7 Å². The quantitative estimate of drug-likeness (QED) is 0.539. The molecule has 1 N–H and O–H groups in total. The van der Waals surface area contributed by atoms with Crippen LogP contribution in [0.2, 0.25) is 0 Å². The number of pyridine rings is 1. The highest BCUT2D eigenvalue weighted by molar-refractivity contribution is 6.06. The Morgan fingerprint density at radius 3 is 2.60 bits per heavy atom. The molecule has 0 fully saturated rings. The third-order valence-electron chi connectivity index (χ3n) is 5.07. The van der Waals surface area contributed by atoms with Crippen molar-refractivity contribution in [3.05, 3.63) is 76.9 Å². The van der Waals surface area contributed by atoms with Crippen molar-refractivity contribution < 1.29 is 13.7 Å². The molecule has 0 aliphatic rings. The maximum atomic E-state index is 13.5. The van der Waals surface area contributed by atoms with Gasteiger partial charge in [-0.15, -0.1) is 0 Å². The summed E-state index contributed by atoms with van der Waals surface area (Å²) in [4.78, 5) is 22.3. The first-order valence-corrected chi connectivity index (χ1v) is 9.65. The topological polar surface area (TPSA) is 85.8 Å². The number of hydrogen-bond acceptors (Lipinski definition) is 5. The number of benzene rings is 1. The Kier molecular flexibility index (Phi) is 5.07. The van der Waals surface area contributed by atoms with E-state index >= 15 is 0 Å². The van der Waals surface area contributed by atoms with Crippen molar-refractivity contribution in [1.29, 1.82) is 0 Å². The molecule has 1 amide bonds. The molecule has 1 atom stereocenters. The minimum absolute atomic E-state index is 0.105. The Bertz CT molecular complexity index is 1210. The number of halogens is 1. The molecular formula is C22H22FN5O2. The highest BCUT2D eigenvalue weighted by atomic mass is 19.1. The average Bonchev–Trinajstić information content (AvgIpc) is 3.31. The van der Waals surface area contributed by atoms with Crippen molar-refractivity contribution in [2.75, 3.05) is 0 Å². The van der Waals surface area contributed by atoms with Gasteiger partial charge in [-0.3, -0.25) is 4.79 Å². The van der Waals surface area contributed by atoms with Gasteiger partial charge >= 0.3 is 0 Å². The Labute approximate surface area is 172 Å². The molecule has 0 bridgehead atoms. The Morgan fingerprint density at radius 1 is 1.23 bits per heavy atom. The molecule has 4 rings (SSSR count). The molecule has 0 aliphatic heterocycles. The van der Waals surface area contributed by atoms with Crippen molar-refractivity contribution in [1.82, 2.24) is 25.0 Å². The lowest BCUT2D eigenvalue weighted by molar-refractivity contribution is 0.0942. The van der Waals surface area contributed by atoms with Crippen molar-refractivity contribution in [2.24, 2.45) is 7.05 Å². The van der Waals surface area contributed by atoms with Crippen LogP contribution in [0, 0.1) is 12.7 Å². The molecule has 1 aromatic carbocycles. The lowest BCUT2D eigenvalue weighted by Crippen LogP contribution is -2.31. The van der Waals surface area contributed by atoms with Crippen LogP contribution in [0.1, 0.15) is 58.9 Å². The largest absolute Gasteiger partial charge is 0.338 e. The maximum absolute atomic E-state index is 13.5. The van der Waals surface area contributed by atoms with Crippen LogP contribution in [0.15, 0.2) is 47.2 Å². The van der Waals surface area contributed by atoms with Crippen molar-refractivity contribution >= 4 is 17.0 Å².